The molecular formula is C29H31N7O. The van der Waals surface area contributed by atoms with Crippen LogP contribution in [0.1, 0.15) is 31.7 Å². The summed E-state index contributed by atoms with van der Waals surface area (Å²) in [7, 11) is 3.55. The summed E-state index contributed by atoms with van der Waals surface area (Å²) in [6.07, 6.45) is 11.7. The van der Waals surface area contributed by atoms with Gasteiger partial charge in [0, 0.05) is 48.3 Å². The molecule has 0 atom stereocenters. The van der Waals surface area contributed by atoms with Crippen LogP contribution in [0.15, 0.2) is 61.2 Å². The predicted molar refractivity (Wildman–Crippen MR) is 145 cm³/mol. The summed E-state index contributed by atoms with van der Waals surface area (Å²) < 4.78 is 9.44. The highest BCUT2D eigenvalue weighted by Crippen LogP contribution is 2.35. The van der Waals surface area contributed by atoms with Crippen LogP contribution in [0.4, 0.5) is 0 Å². The van der Waals surface area contributed by atoms with Crippen molar-refractivity contribution in [3.63, 3.8) is 0 Å². The number of rotatable bonds is 4. The van der Waals surface area contributed by atoms with Crippen molar-refractivity contribution in [1.82, 2.24) is 28.8 Å². The number of benzene rings is 1. The molecule has 0 unspecified atom stereocenters. The zero-order valence-electron chi connectivity index (χ0n) is 21.6. The Morgan fingerprint density at radius 3 is 2.43 bits per heavy atom. The van der Waals surface area contributed by atoms with Crippen molar-refractivity contribution < 1.29 is 4.74 Å². The summed E-state index contributed by atoms with van der Waals surface area (Å²) in [5.74, 6) is 0.437. The maximum Gasteiger partial charge on any atom is 0.258 e. The highest BCUT2D eigenvalue weighted by molar-refractivity contribution is 5.87. The van der Waals surface area contributed by atoms with Crippen LogP contribution < -0.4 is 4.74 Å². The molecular weight excluding hydrogens is 462 g/mol. The molecule has 0 amide bonds. The van der Waals surface area contributed by atoms with Crippen molar-refractivity contribution >= 4 is 16.7 Å². The largest absolute Gasteiger partial charge is 0.478 e. The van der Waals surface area contributed by atoms with Crippen LogP contribution in [0.3, 0.4) is 0 Å². The molecule has 6 rings (SSSR count). The zero-order chi connectivity index (χ0) is 25.8. The number of methoxy groups -OCH3 is 1. The number of imidazole rings is 1. The molecule has 5 heterocycles. The number of aromatic nitrogens is 5. The van der Waals surface area contributed by atoms with Crippen LogP contribution in [-0.4, -0.2) is 55.6 Å². The average Bonchev–Trinajstić information content (AvgIpc) is 3.60. The summed E-state index contributed by atoms with van der Waals surface area (Å²) in [5, 5.41) is 10.2. The lowest BCUT2D eigenvalue weighted by molar-refractivity contribution is 0.240. The first kappa shape index (κ1) is 24.5. The van der Waals surface area contributed by atoms with Crippen LogP contribution in [0, 0.1) is 11.3 Å². The first-order chi connectivity index (χ1) is 18.1. The smallest absolute Gasteiger partial charge is 0.258 e. The molecule has 0 saturated carbocycles. The van der Waals surface area contributed by atoms with E-state index in [1.165, 1.54) is 38.9 Å². The van der Waals surface area contributed by atoms with E-state index < -0.39 is 0 Å². The second-order valence-electron chi connectivity index (χ2n) is 9.19. The minimum Gasteiger partial charge on any atom is -0.478 e. The number of ether oxygens (including phenoxy) is 1. The zero-order valence-corrected chi connectivity index (χ0v) is 21.6. The summed E-state index contributed by atoms with van der Waals surface area (Å²) in [4.78, 5) is 16.3. The van der Waals surface area contributed by atoms with E-state index in [1.54, 1.807) is 25.4 Å². The second kappa shape index (κ2) is 10.8. The van der Waals surface area contributed by atoms with Crippen LogP contribution in [0.5, 0.6) is 5.88 Å². The van der Waals surface area contributed by atoms with Crippen molar-refractivity contribution in [3.8, 4) is 34.5 Å². The Balaban J connectivity index is 0.000000301. The third-order valence-electron chi connectivity index (χ3n) is 6.87. The number of hydrogen-bond acceptors (Lipinski definition) is 6. The number of hydrogen-bond donors (Lipinski definition) is 0. The molecule has 1 aliphatic heterocycles. The Hall–Kier alpha value is -4.22. The Kier molecular flexibility index (Phi) is 7.15. The van der Waals surface area contributed by atoms with E-state index >= 15 is 0 Å². The van der Waals surface area contributed by atoms with E-state index in [0.29, 0.717) is 17.1 Å². The molecule has 1 saturated heterocycles. The van der Waals surface area contributed by atoms with E-state index in [9.17, 15) is 0 Å². The van der Waals surface area contributed by atoms with E-state index in [0.717, 1.165) is 33.5 Å². The fourth-order valence-corrected chi connectivity index (χ4v) is 4.84. The molecule has 8 heteroatoms. The lowest BCUT2D eigenvalue weighted by Gasteiger charge is -2.24. The summed E-state index contributed by atoms with van der Waals surface area (Å²) in [5.41, 5.74) is 5.53. The number of nitriles is 1. The molecule has 0 spiro atoms. The third-order valence-corrected chi connectivity index (χ3v) is 6.87. The van der Waals surface area contributed by atoms with Crippen LogP contribution >= 0.6 is 0 Å². The van der Waals surface area contributed by atoms with Gasteiger partial charge in [0.1, 0.15) is 5.65 Å². The van der Waals surface area contributed by atoms with Crippen LogP contribution in [0.25, 0.3) is 39.2 Å². The Bertz CT molecular complexity index is 1550. The highest BCUT2D eigenvalue weighted by Gasteiger charge is 2.19. The maximum absolute atomic E-state index is 9.12. The molecule has 37 heavy (non-hydrogen) atoms. The lowest BCUT2D eigenvalue weighted by Crippen LogP contribution is -2.29. The fraction of sp³-hybridized carbons (Fsp3) is 0.310. The average molecular weight is 494 g/mol. The fourth-order valence-electron chi connectivity index (χ4n) is 4.84. The van der Waals surface area contributed by atoms with E-state index in [2.05, 4.69) is 33.9 Å². The topological polar surface area (TPSA) is 84.3 Å². The lowest BCUT2D eigenvalue weighted by atomic mass is 10.0. The van der Waals surface area contributed by atoms with E-state index in [1.807, 2.05) is 52.8 Å². The van der Waals surface area contributed by atoms with Gasteiger partial charge in [0.2, 0.25) is 5.65 Å². The molecule has 5 aromatic rings. The van der Waals surface area contributed by atoms with Crippen molar-refractivity contribution in [3.05, 3.63) is 66.7 Å². The van der Waals surface area contributed by atoms with Crippen LogP contribution in [0.2, 0.25) is 0 Å². The molecule has 0 radical (unpaired) electrons. The second-order valence-corrected chi connectivity index (χ2v) is 9.19. The van der Waals surface area contributed by atoms with Gasteiger partial charge < -0.3 is 14.2 Å². The van der Waals surface area contributed by atoms with E-state index in [-0.39, 0.29) is 0 Å². The van der Waals surface area contributed by atoms with Crippen molar-refractivity contribution in [1.29, 1.82) is 5.26 Å². The predicted octanol–water partition coefficient (Wildman–Crippen LogP) is 5.32. The number of piperidine rings is 1. The monoisotopic (exact) mass is 493 g/mol. The molecule has 8 nitrogen and oxygen atoms in total. The van der Waals surface area contributed by atoms with Gasteiger partial charge in [-0.05, 0) is 56.7 Å². The maximum atomic E-state index is 9.12. The Morgan fingerprint density at radius 2 is 1.76 bits per heavy atom. The third kappa shape index (κ3) is 4.91. The van der Waals surface area contributed by atoms with Gasteiger partial charge in [-0.15, -0.1) is 0 Å². The van der Waals surface area contributed by atoms with Crippen molar-refractivity contribution in [2.75, 3.05) is 26.7 Å². The highest BCUT2D eigenvalue weighted by atomic mass is 16.5. The molecule has 4 aromatic heterocycles. The first-order valence-electron chi connectivity index (χ1n) is 12.7. The molecule has 1 fully saturated rings. The minimum absolute atomic E-state index is 0.437. The van der Waals surface area contributed by atoms with Gasteiger partial charge >= 0.3 is 0 Å². The molecule has 0 aliphatic carbocycles. The molecule has 0 N–H and O–H groups in total. The van der Waals surface area contributed by atoms with Crippen molar-refractivity contribution in [2.24, 2.45) is 7.05 Å². The SMILES string of the molecule is CCN1CCCCC1.COc1nc(-c2ccc(C#N)cc2)c(-c2cnc3c(ccn3C)c2)n2ccnc12. The number of nitrogens with zero attached hydrogens (tertiary/aromatic N) is 7. The number of aryl methyl sites for hydroxylation is 1. The van der Waals surface area contributed by atoms with Gasteiger partial charge in [0.25, 0.3) is 5.88 Å². The molecule has 1 aromatic carbocycles. The number of pyridine rings is 1. The van der Waals surface area contributed by atoms with Gasteiger partial charge in [-0.3, -0.25) is 4.40 Å². The summed E-state index contributed by atoms with van der Waals surface area (Å²) in [6, 6.07) is 13.6. The molecule has 0 bridgehead atoms. The standard InChI is InChI=1S/C22H16N6O.C7H15N/c1-27-9-7-16-11-17(13-25-20(16)27)19-18(15-5-3-14(12-23)4-6-15)26-22(29-2)21-24-8-10-28(19)21;1-2-8-6-4-3-5-7-8/h3-11,13H,1-2H3;2-7H2,1H3. The summed E-state index contributed by atoms with van der Waals surface area (Å²) in [6.45, 7) is 6.18. The minimum atomic E-state index is 0.437. The number of likely N-dealkylation sites (tertiary alicyclic amines) is 1. The van der Waals surface area contributed by atoms with Crippen molar-refractivity contribution in [2.45, 2.75) is 26.2 Å². The number of fused-ring (bicyclic) bond motifs is 2. The van der Waals surface area contributed by atoms with Gasteiger partial charge in [0.05, 0.1) is 30.1 Å². The Morgan fingerprint density at radius 1 is 0.973 bits per heavy atom. The summed E-state index contributed by atoms with van der Waals surface area (Å²) >= 11 is 0. The Labute approximate surface area is 216 Å². The van der Waals surface area contributed by atoms with Gasteiger partial charge in [-0.25, -0.2) is 15.0 Å². The van der Waals surface area contributed by atoms with Gasteiger partial charge in [-0.2, -0.15) is 5.26 Å². The molecule has 188 valence electrons. The van der Waals surface area contributed by atoms with Gasteiger partial charge in [0.15, 0.2) is 0 Å². The van der Waals surface area contributed by atoms with Crippen LogP contribution in [-0.2, 0) is 7.05 Å². The van der Waals surface area contributed by atoms with Gasteiger partial charge in [-0.1, -0.05) is 25.5 Å². The first-order valence-corrected chi connectivity index (χ1v) is 12.7. The molecule has 1 aliphatic rings. The quantitative estimate of drug-likeness (QED) is 0.337. The van der Waals surface area contributed by atoms with E-state index in [4.69, 9.17) is 15.0 Å². The normalized spacial score (nSPS) is 13.8.